The molecule has 0 bridgehead atoms. The van der Waals surface area contributed by atoms with Gasteiger partial charge in [-0.2, -0.15) is 0 Å². The van der Waals surface area contributed by atoms with Crippen molar-refractivity contribution in [1.82, 2.24) is 20.6 Å². The molecule has 1 aliphatic rings. The van der Waals surface area contributed by atoms with E-state index in [9.17, 15) is 9.18 Å². The van der Waals surface area contributed by atoms with Crippen molar-refractivity contribution in [1.29, 1.82) is 0 Å². The summed E-state index contributed by atoms with van der Waals surface area (Å²) in [4.78, 5) is 20.4. The minimum absolute atomic E-state index is 0.0908. The molecule has 156 valence electrons. The van der Waals surface area contributed by atoms with Gasteiger partial charge in [-0.05, 0) is 31.5 Å². The average Bonchev–Trinajstić information content (AvgIpc) is 2.74. The normalized spacial score (nSPS) is 12.7. The average molecular weight is 399 g/mol. The van der Waals surface area contributed by atoms with E-state index in [1.165, 1.54) is 6.07 Å². The first-order valence-corrected chi connectivity index (χ1v) is 10.00. The molecular weight excluding hydrogens is 367 g/mol. The summed E-state index contributed by atoms with van der Waals surface area (Å²) in [6.07, 6.45) is 2.27. The van der Waals surface area contributed by atoms with Crippen LogP contribution in [-0.4, -0.2) is 22.4 Å². The molecule has 0 saturated heterocycles. The number of amides is 1. The summed E-state index contributed by atoms with van der Waals surface area (Å²) in [7, 11) is 0. The molecule has 0 saturated carbocycles. The van der Waals surface area contributed by atoms with Crippen molar-refractivity contribution in [2.75, 3.05) is 6.54 Å². The van der Waals surface area contributed by atoms with Crippen molar-refractivity contribution in [2.45, 2.75) is 48.0 Å². The Hall–Kier alpha value is -3.02. The molecule has 5 nitrogen and oxygen atoms in total. The second-order valence-corrected chi connectivity index (χ2v) is 5.91. The zero-order valence-corrected chi connectivity index (χ0v) is 18.2. The molecule has 3 rings (SSSR count). The number of rotatable bonds is 4. The van der Waals surface area contributed by atoms with Crippen LogP contribution in [0.4, 0.5) is 4.39 Å². The zero-order chi connectivity index (χ0) is 22.0. The SMILES string of the molecule is C=C(NC1=C(C)C(=O)NCC1)c1ccnc(-c2c(C)cccc2F)n1.CC.CC. The molecular formula is C23H31FN4O. The van der Waals surface area contributed by atoms with Gasteiger partial charge in [0.25, 0.3) is 0 Å². The van der Waals surface area contributed by atoms with E-state index < -0.39 is 0 Å². The summed E-state index contributed by atoms with van der Waals surface area (Å²) in [6, 6.07) is 6.56. The van der Waals surface area contributed by atoms with Crippen molar-refractivity contribution in [3.8, 4) is 11.4 Å². The zero-order valence-electron chi connectivity index (χ0n) is 18.2. The van der Waals surface area contributed by atoms with Crippen molar-refractivity contribution >= 4 is 11.6 Å². The molecule has 2 heterocycles. The van der Waals surface area contributed by atoms with Gasteiger partial charge in [0.15, 0.2) is 5.82 Å². The van der Waals surface area contributed by atoms with Crippen molar-refractivity contribution in [3.63, 3.8) is 0 Å². The highest BCUT2D eigenvalue weighted by molar-refractivity contribution is 5.94. The van der Waals surface area contributed by atoms with Crippen LogP contribution >= 0.6 is 0 Å². The van der Waals surface area contributed by atoms with E-state index in [1.54, 1.807) is 25.3 Å². The van der Waals surface area contributed by atoms with Crippen LogP contribution in [-0.2, 0) is 4.79 Å². The van der Waals surface area contributed by atoms with Crippen LogP contribution in [0.2, 0.25) is 0 Å². The smallest absolute Gasteiger partial charge is 0.248 e. The van der Waals surface area contributed by atoms with Gasteiger partial charge >= 0.3 is 0 Å². The van der Waals surface area contributed by atoms with Gasteiger partial charge in [-0.3, -0.25) is 4.79 Å². The topological polar surface area (TPSA) is 66.9 Å². The van der Waals surface area contributed by atoms with E-state index >= 15 is 0 Å². The third kappa shape index (κ3) is 5.98. The highest BCUT2D eigenvalue weighted by Crippen LogP contribution is 2.24. The molecule has 6 heteroatoms. The van der Waals surface area contributed by atoms with Crippen LogP contribution in [0.15, 0.2) is 48.3 Å². The van der Waals surface area contributed by atoms with Crippen LogP contribution in [0.25, 0.3) is 17.1 Å². The third-order valence-corrected chi connectivity index (χ3v) is 4.17. The lowest BCUT2D eigenvalue weighted by Gasteiger charge is -2.20. The van der Waals surface area contributed by atoms with E-state index in [0.29, 0.717) is 41.3 Å². The first-order valence-electron chi connectivity index (χ1n) is 10.00. The Balaban J connectivity index is 0.000000989. The maximum Gasteiger partial charge on any atom is 0.248 e. The number of benzene rings is 1. The van der Waals surface area contributed by atoms with E-state index in [-0.39, 0.29) is 11.7 Å². The molecule has 2 aromatic rings. The van der Waals surface area contributed by atoms with Crippen molar-refractivity contribution < 1.29 is 9.18 Å². The number of aromatic nitrogens is 2. The molecule has 0 aliphatic carbocycles. The molecule has 0 atom stereocenters. The standard InChI is InChI=1S/C19H19FN4O.2C2H6/c1-11-5-4-6-14(20)17(11)18-21-9-8-16(24-18)13(3)23-15-7-10-22-19(25)12(15)2;2*1-2/h4-6,8-9,23H,3,7,10H2,1-2H3,(H,22,25);2*1-2H3. The first-order chi connectivity index (χ1) is 14.0. The fourth-order valence-electron chi connectivity index (χ4n) is 2.72. The molecule has 2 N–H and O–H groups in total. The molecule has 29 heavy (non-hydrogen) atoms. The number of hydrogen-bond acceptors (Lipinski definition) is 4. The number of nitrogens with one attached hydrogen (secondary N) is 2. The van der Waals surface area contributed by atoms with Gasteiger partial charge in [0.1, 0.15) is 5.82 Å². The summed E-state index contributed by atoms with van der Waals surface area (Å²) in [5, 5.41) is 5.95. The van der Waals surface area contributed by atoms with Gasteiger partial charge in [-0.15, -0.1) is 0 Å². The van der Waals surface area contributed by atoms with Crippen LogP contribution < -0.4 is 10.6 Å². The first kappa shape index (κ1) is 24.0. The highest BCUT2D eigenvalue weighted by Gasteiger charge is 2.18. The van der Waals surface area contributed by atoms with E-state index in [1.807, 2.05) is 40.7 Å². The number of carbonyl (C=O) groups is 1. The minimum atomic E-state index is -0.363. The van der Waals surface area contributed by atoms with Gasteiger partial charge in [-0.25, -0.2) is 14.4 Å². The lowest BCUT2D eigenvalue weighted by Crippen LogP contribution is -2.34. The van der Waals surface area contributed by atoms with Crippen molar-refractivity contribution in [2.24, 2.45) is 0 Å². The van der Waals surface area contributed by atoms with E-state index in [2.05, 4.69) is 27.2 Å². The van der Waals surface area contributed by atoms with Crippen molar-refractivity contribution in [3.05, 3.63) is 65.4 Å². The molecule has 0 fully saturated rings. The molecule has 1 amide bonds. The van der Waals surface area contributed by atoms with Gasteiger partial charge in [0, 0.05) is 30.4 Å². The highest BCUT2D eigenvalue weighted by atomic mass is 19.1. The van der Waals surface area contributed by atoms with Crippen LogP contribution in [0, 0.1) is 12.7 Å². The minimum Gasteiger partial charge on any atom is -0.357 e. The summed E-state index contributed by atoms with van der Waals surface area (Å²) in [6.45, 7) is 16.2. The molecule has 0 radical (unpaired) electrons. The summed E-state index contributed by atoms with van der Waals surface area (Å²) < 4.78 is 14.2. The Kier molecular flexibility index (Phi) is 9.72. The monoisotopic (exact) mass is 398 g/mol. The van der Waals surface area contributed by atoms with Crippen LogP contribution in [0.3, 0.4) is 0 Å². The third-order valence-electron chi connectivity index (χ3n) is 4.17. The van der Waals surface area contributed by atoms with Crippen LogP contribution in [0.1, 0.15) is 52.3 Å². The fraction of sp³-hybridized carbons (Fsp3) is 0.348. The predicted octanol–water partition coefficient (Wildman–Crippen LogP) is 5.00. The lowest BCUT2D eigenvalue weighted by molar-refractivity contribution is -0.117. The number of halogens is 1. The summed E-state index contributed by atoms with van der Waals surface area (Å²) >= 11 is 0. The second-order valence-electron chi connectivity index (χ2n) is 5.91. The van der Waals surface area contributed by atoms with Gasteiger partial charge in [0.2, 0.25) is 5.91 Å². The predicted molar refractivity (Wildman–Crippen MR) is 117 cm³/mol. The Morgan fingerprint density at radius 1 is 1.17 bits per heavy atom. The summed E-state index contributed by atoms with van der Waals surface area (Å²) in [5.41, 5.74) is 3.69. The maximum atomic E-state index is 14.2. The lowest BCUT2D eigenvalue weighted by atomic mass is 10.1. The Bertz CT molecular complexity index is 870. The van der Waals surface area contributed by atoms with Gasteiger partial charge < -0.3 is 10.6 Å². The van der Waals surface area contributed by atoms with Gasteiger partial charge in [0.05, 0.1) is 17.0 Å². The molecule has 1 aromatic heterocycles. The summed E-state index contributed by atoms with van der Waals surface area (Å²) in [5.74, 6) is -0.145. The number of aryl methyl sites for hydroxylation is 1. The Labute approximate surface area is 173 Å². The molecule has 1 aliphatic heterocycles. The van der Waals surface area contributed by atoms with Gasteiger partial charge in [-0.1, -0.05) is 46.4 Å². The van der Waals surface area contributed by atoms with Crippen LogP contribution in [0.5, 0.6) is 0 Å². The largest absolute Gasteiger partial charge is 0.357 e. The second kappa shape index (κ2) is 11.7. The quantitative estimate of drug-likeness (QED) is 0.761. The number of hydrogen-bond donors (Lipinski definition) is 2. The Morgan fingerprint density at radius 2 is 1.86 bits per heavy atom. The maximum absolute atomic E-state index is 14.2. The van der Waals surface area contributed by atoms with E-state index in [0.717, 1.165) is 11.3 Å². The number of nitrogens with zero attached hydrogens (tertiary/aromatic N) is 2. The number of carbonyl (C=O) groups excluding carboxylic acids is 1. The fourth-order valence-corrected chi connectivity index (χ4v) is 2.72. The molecule has 1 aromatic carbocycles. The van der Waals surface area contributed by atoms with E-state index in [4.69, 9.17) is 0 Å². The molecule has 0 unspecified atom stereocenters. The Morgan fingerprint density at radius 3 is 2.52 bits per heavy atom. The molecule has 0 spiro atoms.